The number of hydrogen-bond donors (Lipinski definition) is 1. The average Bonchev–Trinajstić information content (AvgIpc) is 2.71. The number of carbonyl (C=O) groups excluding carboxylic acids is 1. The highest BCUT2D eigenvalue weighted by molar-refractivity contribution is 9.10. The molecule has 2 nitrogen and oxygen atoms in total. The Balaban J connectivity index is 1.76. The Morgan fingerprint density at radius 1 is 1.18 bits per heavy atom. The molecular weight excluding hydrogens is 340 g/mol. The lowest BCUT2D eigenvalue weighted by atomic mass is 9.47. The monoisotopic (exact) mass is 366 g/mol. The summed E-state index contributed by atoms with van der Waals surface area (Å²) in [6, 6.07) is 0. The largest absolute Gasteiger partial charge is 0.389 e. The van der Waals surface area contributed by atoms with E-state index in [1.54, 1.807) is 0 Å². The maximum absolute atomic E-state index is 12.7. The van der Waals surface area contributed by atoms with E-state index in [2.05, 4.69) is 35.9 Å². The van der Waals surface area contributed by atoms with Crippen molar-refractivity contribution >= 4 is 21.7 Å². The third-order valence-corrected chi connectivity index (χ3v) is 8.53. The summed E-state index contributed by atoms with van der Waals surface area (Å²) >= 11 is 3.60. The predicted molar refractivity (Wildman–Crippen MR) is 90.8 cm³/mol. The Kier molecular flexibility index (Phi) is 3.44. The van der Waals surface area contributed by atoms with E-state index >= 15 is 0 Å². The number of fused-ring (bicyclic) bond motifs is 5. The molecule has 0 bridgehead atoms. The number of aliphatic hydroxyl groups excluding tert-OH is 1. The van der Waals surface area contributed by atoms with E-state index < -0.39 is 0 Å². The lowest BCUT2D eigenvalue weighted by molar-refractivity contribution is -0.135. The Morgan fingerprint density at radius 2 is 1.95 bits per heavy atom. The van der Waals surface area contributed by atoms with Crippen LogP contribution in [-0.2, 0) is 4.79 Å². The molecule has 122 valence electrons. The maximum Gasteiger partial charge on any atom is 0.152 e. The number of rotatable bonds is 0. The van der Waals surface area contributed by atoms with Gasteiger partial charge in [0.25, 0.3) is 0 Å². The second-order valence-corrected chi connectivity index (χ2v) is 9.73. The fraction of sp³-hybridized carbons (Fsp3) is 0.842. The molecule has 0 aromatic heterocycles. The van der Waals surface area contributed by atoms with Crippen LogP contribution in [0.5, 0.6) is 0 Å². The molecule has 0 spiro atoms. The van der Waals surface area contributed by atoms with Crippen LogP contribution in [0.3, 0.4) is 0 Å². The van der Waals surface area contributed by atoms with Crippen LogP contribution in [0.2, 0.25) is 0 Å². The average molecular weight is 367 g/mol. The number of Topliss-reactive ketones (excluding diaryl/α,β-unsaturated/α-hetero) is 1. The molecule has 0 radical (unpaired) electrons. The van der Waals surface area contributed by atoms with Gasteiger partial charge in [-0.2, -0.15) is 0 Å². The van der Waals surface area contributed by atoms with E-state index in [9.17, 15) is 9.90 Å². The van der Waals surface area contributed by atoms with Gasteiger partial charge in [0.15, 0.2) is 5.78 Å². The van der Waals surface area contributed by atoms with Gasteiger partial charge in [-0.15, -0.1) is 0 Å². The number of halogens is 1. The number of ketones is 1. The van der Waals surface area contributed by atoms with Crippen LogP contribution in [0.25, 0.3) is 0 Å². The molecule has 4 rings (SSSR count). The maximum atomic E-state index is 12.7. The van der Waals surface area contributed by atoms with Gasteiger partial charge in [-0.1, -0.05) is 47.8 Å². The van der Waals surface area contributed by atoms with Gasteiger partial charge < -0.3 is 5.11 Å². The number of alkyl halides is 1. The zero-order chi connectivity index (χ0) is 15.7. The molecule has 0 saturated heterocycles. The summed E-state index contributed by atoms with van der Waals surface area (Å²) in [5.41, 5.74) is 1.57. The first-order chi connectivity index (χ1) is 10.4. The van der Waals surface area contributed by atoms with Crippen molar-refractivity contribution < 1.29 is 9.90 Å². The normalized spacial score (nSPS) is 54.3. The predicted octanol–water partition coefficient (Wildman–Crippen LogP) is 4.25. The Bertz CT molecular complexity index is 542. The quantitative estimate of drug-likeness (QED) is 0.513. The van der Waals surface area contributed by atoms with Crippen LogP contribution in [0.1, 0.15) is 58.8 Å². The number of carbonyl (C=O) groups is 1. The van der Waals surface area contributed by atoms with Gasteiger partial charge in [-0.25, -0.2) is 0 Å². The van der Waals surface area contributed by atoms with Gasteiger partial charge in [0.1, 0.15) is 0 Å². The van der Waals surface area contributed by atoms with Gasteiger partial charge in [0, 0.05) is 5.41 Å². The van der Waals surface area contributed by atoms with Gasteiger partial charge in [0.05, 0.1) is 10.9 Å². The molecule has 0 heterocycles. The first-order valence-corrected chi connectivity index (χ1v) is 9.87. The molecule has 3 heteroatoms. The minimum absolute atomic E-state index is 0.00186. The van der Waals surface area contributed by atoms with Crippen LogP contribution in [0, 0.1) is 28.6 Å². The van der Waals surface area contributed by atoms with E-state index in [0.717, 1.165) is 19.3 Å². The topological polar surface area (TPSA) is 37.3 Å². The molecule has 0 amide bonds. The molecule has 0 unspecified atom stereocenters. The van der Waals surface area contributed by atoms with Crippen molar-refractivity contribution in [3.63, 3.8) is 0 Å². The Labute approximate surface area is 141 Å². The summed E-state index contributed by atoms with van der Waals surface area (Å²) in [5, 5.41) is 10.9. The van der Waals surface area contributed by atoms with Crippen molar-refractivity contribution in [3.05, 3.63) is 11.6 Å². The minimum Gasteiger partial charge on any atom is -0.389 e. The summed E-state index contributed by atoms with van der Waals surface area (Å²) in [6.45, 7) is 4.60. The fourth-order valence-corrected chi connectivity index (χ4v) is 7.36. The molecule has 0 aromatic carbocycles. The van der Waals surface area contributed by atoms with Crippen molar-refractivity contribution in [3.8, 4) is 0 Å². The number of aliphatic hydroxyl groups is 1. The van der Waals surface area contributed by atoms with Crippen LogP contribution in [0.4, 0.5) is 0 Å². The van der Waals surface area contributed by atoms with Gasteiger partial charge in [-0.05, 0) is 61.7 Å². The summed E-state index contributed by atoms with van der Waals surface area (Å²) in [5.74, 6) is 1.56. The van der Waals surface area contributed by atoms with E-state index in [1.807, 2.05) is 0 Å². The van der Waals surface area contributed by atoms with E-state index in [0.29, 0.717) is 17.6 Å². The van der Waals surface area contributed by atoms with E-state index in [1.165, 1.54) is 31.3 Å². The third kappa shape index (κ3) is 1.84. The van der Waals surface area contributed by atoms with Crippen molar-refractivity contribution in [1.29, 1.82) is 0 Å². The first kappa shape index (κ1) is 15.4. The molecular formula is C19H27BrO2. The number of hydrogen-bond acceptors (Lipinski definition) is 2. The standard InChI is InChI=1S/C19H27BrO2/c1-18-7-4-3-5-11(18)9-15(21)16-12(18)6-8-19(2)13(16)10-14(20)17(19)22/h9,12-16,21H,3-8,10H2,1-2H3/t12-,13-,14+,15+,16+,18-,19-/m0/s1. The molecule has 3 saturated carbocycles. The number of allylic oxidation sites excluding steroid dienone is 1. The van der Waals surface area contributed by atoms with Crippen LogP contribution < -0.4 is 0 Å². The van der Waals surface area contributed by atoms with Crippen molar-refractivity contribution in [2.24, 2.45) is 28.6 Å². The first-order valence-electron chi connectivity index (χ1n) is 8.95. The molecule has 4 aliphatic rings. The molecule has 22 heavy (non-hydrogen) atoms. The van der Waals surface area contributed by atoms with Crippen LogP contribution in [0.15, 0.2) is 11.6 Å². The molecule has 3 fully saturated rings. The second-order valence-electron chi connectivity index (χ2n) is 8.62. The van der Waals surface area contributed by atoms with Crippen molar-refractivity contribution in [2.75, 3.05) is 0 Å². The molecule has 0 aliphatic heterocycles. The third-order valence-electron chi connectivity index (χ3n) is 7.74. The van der Waals surface area contributed by atoms with Crippen LogP contribution >= 0.6 is 15.9 Å². The summed E-state index contributed by atoms with van der Waals surface area (Å²) in [7, 11) is 0. The zero-order valence-corrected chi connectivity index (χ0v) is 15.2. The summed E-state index contributed by atoms with van der Waals surface area (Å²) in [6.07, 6.45) is 9.87. The van der Waals surface area contributed by atoms with Crippen molar-refractivity contribution in [2.45, 2.75) is 69.7 Å². The highest BCUT2D eigenvalue weighted by atomic mass is 79.9. The van der Waals surface area contributed by atoms with Crippen LogP contribution in [-0.4, -0.2) is 21.8 Å². The Morgan fingerprint density at radius 3 is 2.73 bits per heavy atom. The second kappa shape index (κ2) is 4.92. The molecule has 7 atom stereocenters. The van der Waals surface area contributed by atoms with E-state index in [-0.39, 0.29) is 27.7 Å². The van der Waals surface area contributed by atoms with Gasteiger partial charge in [-0.3, -0.25) is 4.79 Å². The minimum atomic E-state index is -0.346. The molecule has 1 N–H and O–H groups in total. The lowest BCUT2D eigenvalue weighted by Crippen LogP contribution is -2.54. The van der Waals surface area contributed by atoms with Crippen molar-refractivity contribution in [1.82, 2.24) is 0 Å². The molecule has 4 aliphatic carbocycles. The SMILES string of the molecule is C[C@]12CCCCC1=C[C@@H](O)[C@@H]1[C@@H]2CC[C@]2(C)C(=O)[C@H](Br)C[C@@H]12. The fourth-order valence-electron chi connectivity index (χ4n) is 6.44. The zero-order valence-electron chi connectivity index (χ0n) is 13.6. The Hall–Kier alpha value is -0.150. The highest BCUT2D eigenvalue weighted by Crippen LogP contribution is 2.64. The molecule has 0 aromatic rings. The lowest BCUT2D eigenvalue weighted by Gasteiger charge is -2.57. The highest BCUT2D eigenvalue weighted by Gasteiger charge is 2.62. The van der Waals surface area contributed by atoms with E-state index in [4.69, 9.17) is 0 Å². The smallest absolute Gasteiger partial charge is 0.152 e. The summed E-state index contributed by atoms with van der Waals surface area (Å²) in [4.78, 5) is 12.7. The summed E-state index contributed by atoms with van der Waals surface area (Å²) < 4.78 is 0. The van der Waals surface area contributed by atoms with Gasteiger partial charge in [0.2, 0.25) is 0 Å². The van der Waals surface area contributed by atoms with Gasteiger partial charge >= 0.3 is 0 Å².